The van der Waals surface area contributed by atoms with Crippen LogP contribution in [0.2, 0.25) is 0 Å². The number of hydrogen-bond acceptors (Lipinski definition) is 6. The average Bonchev–Trinajstić information content (AvgIpc) is 3.59. The van der Waals surface area contributed by atoms with Crippen molar-refractivity contribution < 1.29 is 19.0 Å². The lowest BCUT2D eigenvalue weighted by molar-refractivity contribution is 0.0962. The van der Waals surface area contributed by atoms with Gasteiger partial charge in [0.05, 0.1) is 23.7 Å². The molecule has 1 heterocycles. The average molecular weight is 444 g/mol. The molecule has 7 heteroatoms. The van der Waals surface area contributed by atoms with Crippen LogP contribution >= 0.6 is 0 Å². The molecule has 33 heavy (non-hydrogen) atoms. The van der Waals surface area contributed by atoms with Gasteiger partial charge in [-0.1, -0.05) is 30.3 Å². The van der Waals surface area contributed by atoms with Crippen molar-refractivity contribution in [2.75, 3.05) is 20.8 Å². The van der Waals surface area contributed by atoms with Gasteiger partial charge in [0.2, 0.25) is 0 Å². The molecule has 4 aromatic rings. The summed E-state index contributed by atoms with van der Waals surface area (Å²) in [4.78, 5) is 17.2. The number of hydrogen-bond donors (Lipinski definition) is 2. The van der Waals surface area contributed by atoms with Crippen LogP contribution < -0.4 is 25.3 Å². The van der Waals surface area contributed by atoms with Gasteiger partial charge in [0.15, 0.2) is 11.5 Å². The molecule has 0 bridgehead atoms. The molecular weight excluding hydrogens is 418 g/mol. The number of aromatic nitrogens is 1. The topological polar surface area (TPSA) is 95.7 Å². The van der Waals surface area contributed by atoms with E-state index in [2.05, 4.69) is 10.3 Å². The van der Waals surface area contributed by atoms with Crippen molar-refractivity contribution >= 4 is 27.6 Å². The summed E-state index contributed by atoms with van der Waals surface area (Å²) >= 11 is 0. The first-order valence-electron chi connectivity index (χ1n) is 10.8. The van der Waals surface area contributed by atoms with Gasteiger partial charge in [-0.15, -0.1) is 0 Å². The number of carbonyl (C=O) groups excluding carboxylic acids is 1. The molecule has 0 atom stereocenters. The Kier molecular flexibility index (Phi) is 5.26. The van der Waals surface area contributed by atoms with E-state index >= 15 is 0 Å². The number of nitrogens with zero attached hydrogens (tertiary/aromatic N) is 1. The summed E-state index contributed by atoms with van der Waals surface area (Å²) in [7, 11) is 3.20. The van der Waals surface area contributed by atoms with E-state index in [1.54, 1.807) is 26.4 Å². The third-order valence-corrected chi connectivity index (χ3v) is 5.96. The highest BCUT2D eigenvalue weighted by molar-refractivity contribution is 6.09. The van der Waals surface area contributed by atoms with Crippen LogP contribution in [0.25, 0.3) is 21.7 Å². The van der Waals surface area contributed by atoms with Gasteiger partial charge in [-0.3, -0.25) is 9.78 Å². The predicted octanol–water partition coefficient (Wildman–Crippen LogP) is 4.42. The summed E-state index contributed by atoms with van der Waals surface area (Å²) in [6.45, 7) is 0.428. The van der Waals surface area contributed by atoms with Gasteiger partial charge in [-0.05, 0) is 41.8 Å². The largest absolute Gasteiger partial charge is 0.493 e. The Bertz CT molecular complexity index is 1360. The van der Waals surface area contributed by atoms with E-state index in [9.17, 15) is 4.79 Å². The summed E-state index contributed by atoms with van der Waals surface area (Å²) < 4.78 is 17.8. The first-order valence-corrected chi connectivity index (χ1v) is 10.8. The fourth-order valence-electron chi connectivity index (χ4n) is 3.83. The molecule has 1 saturated carbocycles. The summed E-state index contributed by atoms with van der Waals surface area (Å²) in [6, 6.07) is 16.9. The lowest BCUT2D eigenvalue weighted by atomic mass is 10.0. The highest BCUT2D eigenvalue weighted by atomic mass is 16.5. The van der Waals surface area contributed by atoms with Gasteiger partial charge < -0.3 is 25.3 Å². The molecule has 3 aromatic carbocycles. The zero-order valence-corrected chi connectivity index (χ0v) is 18.6. The monoisotopic (exact) mass is 443 g/mol. The van der Waals surface area contributed by atoms with Crippen LogP contribution in [0.15, 0.2) is 60.8 Å². The Balaban J connectivity index is 1.57. The number of nitrogens with one attached hydrogen (secondary N) is 1. The first-order chi connectivity index (χ1) is 16.0. The third-order valence-electron chi connectivity index (χ3n) is 5.96. The molecule has 1 aromatic heterocycles. The number of nitrogens with two attached hydrogens (primary N) is 1. The molecule has 1 fully saturated rings. The van der Waals surface area contributed by atoms with Crippen LogP contribution in [-0.4, -0.2) is 37.2 Å². The van der Waals surface area contributed by atoms with Crippen LogP contribution in [0.5, 0.6) is 23.0 Å². The quantitative estimate of drug-likeness (QED) is 0.439. The second-order valence-electron chi connectivity index (χ2n) is 8.32. The maximum atomic E-state index is 12.8. The first kappa shape index (κ1) is 21.0. The summed E-state index contributed by atoms with van der Waals surface area (Å²) in [5.74, 6) is 1.95. The summed E-state index contributed by atoms with van der Waals surface area (Å²) in [5.41, 5.74) is 7.08. The van der Waals surface area contributed by atoms with Gasteiger partial charge in [-0.2, -0.15) is 0 Å². The van der Waals surface area contributed by atoms with Crippen LogP contribution in [-0.2, 0) is 0 Å². The van der Waals surface area contributed by atoms with Crippen LogP contribution in [0.3, 0.4) is 0 Å². The van der Waals surface area contributed by atoms with E-state index in [0.717, 1.165) is 29.0 Å². The van der Waals surface area contributed by atoms with Crippen molar-refractivity contribution in [2.45, 2.75) is 18.4 Å². The number of methoxy groups -OCH3 is 1. The Morgan fingerprint density at radius 2 is 1.85 bits per heavy atom. The maximum Gasteiger partial charge on any atom is 0.255 e. The molecule has 1 amide bonds. The third kappa shape index (κ3) is 4.03. The van der Waals surface area contributed by atoms with Gasteiger partial charge in [0.1, 0.15) is 18.1 Å². The van der Waals surface area contributed by atoms with Crippen molar-refractivity contribution in [2.24, 2.45) is 5.73 Å². The van der Waals surface area contributed by atoms with Crippen molar-refractivity contribution in [1.82, 2.24) is 10.3 Å². The number of pyridine rings is 1. The molecule has 3 N–H and O–H groups in total. The normalized spacial score (nSPS) is 14.2. The molecule has 7 nitrogen and oxygen atoms in total. The molecule has 0 radical (unpaired) electrons. The second-order valence-corrected chi connectivity index (χ2v) is 8.32. The zero-order chi connectivity index (χ0) is 23.0. The maximum absolute atomic E-state index is 12.8. The highest BCUT2D eigenvalue weighted by Crippen LogP contribution is 2.40. The van der Waals surface area contributed by atoms with E-state index < -0.39 is 0 Å². The standard InChI is InChI=1S/C26H25N3O4/c1-28-25(30)24-17-6-4-3-5-16(17)7-8-21(24)33-20-9-12-29-19-14-23(22(31-2)13-18(19)20)32-15-26(27)10-11-26/h3-9,12-14H,10-11,15,27H2,1-2H3,(H,28,30). The van der Waals surface area contributed by atoms with E-state index in [4.69, 9.17) is 19.9 Å². The molecule has 1 aliphatic carbocycles. The smallest absolute Gasteiger partial charge is 0.255 e. The number of benzene rings is 3. The van der Waals surface area contributed by atoms with Crippen molar-refractivity contribution in [1.29, 1.82) is 0 Å². The fourth-order valence-corrected chi connectivity index (χ4v) is 3.83. The molecule has 0 unspecified atom stereocenters. The van der Waals surface area contributed by atoms with Crippen LogP contribution in [0.4, 0.5) is 0 Å². The lowest BCUT2D eigenvalue weighted by Crippen LogP contribution is -2.29. The molecule has 5 rings (SSSR count). The molecule has 0 aliphatic heterocycles. The van der Waals surface area contributed by atoms with Gasteiger partial charge in [0.25, 0.3) is 5.91 Å². The van der Waals surface area contributed by atoms with Crippen molar-refractivity contribution in [3.8, 4) is 23.0 Å². The van der Waals surface area contributed by atoms with E-state index in [-0.39, 0.29) is 11.4 Å². The Morgan fingerprint density at radius 1 is 1.03 bits per heavy atom. The van der Waals surface area contributed by atoms with E-state index in [1.165, 1.54) is 0 Å². The minimum absolute atomic E-state index is 0.218. The minimum Gasteiger partial charge on any atom is -0.493 e. The molecular formula is C26H25N3O4. The molecule has 1 aliphatic rings. The van der Waals surface area contributed by atoms with E-state index in [0.29, 0.717) is 40.7 Å². The van der Waals surface area contributed by atoms with Crippen LogP contribution in [0.1, 0.15) is 23.2 Å². The predicted molar refractivity (Wildman–Crippen MR) is 127 cm³/mol. The molecule has 0 saturated heterocycles. The minimum atomic E-state index is -0.245. The number of ether oxygens (including phenoxy) is 3. The molecule has 168 valence electrons. The van der Waals surface area contributed by atoms with Crippen molar-refractivity contribution in [3.05, 3.63) is 66.4 Å². The van der Waals surface area contributed by atoms with E-state index in [1.807, 2.05) is 48.5 Å². The zero-order valence-electron chi connectivity index (χ0n) is 18.6. The van der Waals surface area contributed by atoms with Gasteiger partial charge >= 0.3 is 0 Å². The highest BCUT2D eigenvalue weighted by Gasteiger charge is 2.39. The number of rotatable bonds is 7. The second kappa shape index (κ2) is 8.26. The lowest BCUT2D eigenvalue weighted by Gasteiger charge is -2.17. The Labute approximate surface area is 191 Å². The van der Waals surface area contributed by atoms with Gasteiger partial charge in [-0.25, -0.2) is 0 Å². The summed E-state index contributed by atoms with van der Waals surface area (Å²) in [6.07, 6.45) is 3.58. The number of amides is 1. The SMILES string of the molecule is CNC(=O)c1c(Oc2ccnc3cc(OCC4(N)CC4)c(OC)cc23)ccc2ccccc12. The van der Waals surface area contributed by atoms with Crippen LogP contribution in [0, 0.1) is 0 Å². The van der Waals surface area contributed by atoms with Gasteiger partial charge in [0, 0.05) is 24.7 Å². The Morgan fingerprint density at radius 3 is 2.61 bits per heavy atom. The van der Waals surface area contributed by atoms with Crippen molar-refractivity contribution in [3.63, 3.8) is 0 Å². The molecule has 0 spiro atoms. The number of carbonyl (C=O) groups is 1. The Hall–Kier alpha value is -3.84. The summed E-state index contributed by atoms with van der Waals surface area (Å²) in [5, 5.41) is 5.23. The number of fused-ring (bicyclic) bond motifs is 2. The fraction of sp³-hybridized carbons (Fsp3) is 0.231.